The van der Waals surface area contributed by atoms with Crippen molar-refractivity contribution in [3.8, 4) is 28.6 Å². The molecule has 0 unspecified atom stereocenters. The summed E-state index contributed by atoms with van der Waals surface area (Å²) in [6, 6.07) is 9.29. The number of benzene rings is 2. The van der Waals surface area contributed by atoms with Gasteiger partial charge < -0.3 is 44.2 Å². The van der Waals surface area contributed by atoms with Crippen LogP contribution in [0.5, 0.6) is 17.2 Å². The van der Waals surface area contributed by atoms with E-state index >= 15 is 0 Å². The highest BCUT2D eigenvalue weighted by atomic mass is 16.7. The number of phenolic OH excluding ortho intramolecular Hbond substituents is 1. The van der Waals surface area contributed by atoms with Gasteiger partial charge >= 0.3 is 0 Å². The van der Waals surface area contributed by atoms with Crippen LogP contribution in [0.4, 0.5) is 0 Å². The van der Waals surface area contributed by atoms with E-state index in [1.165, 1.54) is 19.2 Å². The minimum atomic E-state index is -2.40. The SMILES string of the molecule is COc1ccc(-c2cc(=O)c3c(O)c4c(cc3o2)O[C@H]2[C@@H](O)[C@H](O)[C@@H](CO)O[C@]42O)cc1. The Hall–Kier alpha value is -3.15. The number of fused-ring (bicyclic) bond motifs is 4. The largest absolute Gasteiger partial charge is 0.506 e. The molecular weight excluding hydrogens is 424 g/mol. The Bertz CT molecular complexity index is 1250. The lowest BCUT2D eigenvalue weighted by molar-refractivity contribution is -0.341. The molecule has 5 N–H and O–H groups in total. The number of aliphatic hydroxyl groups is 4. The summed E-state index contributed by atoms with van der Waals surface area (Å²) < 4.78 is 21.9. The molecule has 10 nitrogen and oxygen atoms in total. The second-order valence-corrected chi connectivity index (χ2v) is 7.73. The first-order valence-electron chi connectivity index (χ1n) is 9.81. The Morgan fingerprint density at radius 1 is 1.12 bits per heavy atom. The summed E-state index contributed by atoms with van der Waals surface area (Å²) >= 11 is 0. The first-order valence-corrected chi connectivity index (χ1v) is 9.81. The Morgan fingerprint density at radius 2 is 1.84 bits per heavy atom. The molecule has 32 heavy (non-hydrogen) atoms. The maximum atomic E-state index is 12.9. The molecule has 1 saturated heterocycles. The number of rotatable bonds is 3. The molecule has 2 aromatic carbocycles. The first kappa shape index (κ1) is 20.7. The number of methoxy groups -OCH3 is 1. The maximum Gasteiger partial charge on any atom is 0.241 e. The molecule has 0 radical (unpaired) electrons. The molecule has 5 rings (SSSR count). The van der Waals surface area contributed by atoms with Crippen LogP contribution >= 0.6 is 0 Å². The summed E-state index contributed by atoms with van der Waals surface area (Å²) in [7, 11) is 1.53. The summed E-state index contributed by atoms with van der Waals surface area (Å²) in [6.07, 6.45) is -6.03. The van der Waals surface area contributed by atoms with Crippen LogP contribution in [0, 0.1) is 0 Å². The summed E-state index contributed by atoms with van der Waals surface area (Å²) in [6.45, 7) is -0.704. The lowest BCUT2D eigenvalue weighted by atomic mass is 9.89. The molecule has 2 aliphatic heterocycles. The third-order valence-corrected chi connectivity index (χ3v) is 5.88. The van der Waals surface area contributed by atoms with Crippen LogP contribution in [0.15, 0.2) is 45.6 Å². The van der Waals surface area contributed by atoms with E-state index in [0.717, 1.165) is 0 Å². The highest BCUT2D eigenvalue weighted by Gasteiger charge is 2.61. The molecule has 0 saturated carbocycles. The van der Waals surface area contributed by atoms with E-state index in [4.69, 9.17) is 18.6 Å². The molecule has 0 bridgehead atoms. The number of phenols is 1. The molecule has 1 aromatic heterocycles. The number of aliphatic hydroxyl groups excluding tert-OH is 3. The molecule has 3 aromatic rings. The summed E-state index contributed by atoms with van der Waals surface area (Å²) in [4.78, 5) is 12.9. The summed E-state index contributed by atoms with van der Waals surface area (Å²) in [5, 5.41) is 51.8. The third kappa shape index (κ3) is 2.81. The standard InChI is InChI=1S/C22H20O10/c1-29-10-4-2-9(3-5-10)12-6-11(24)16-13(30-12)7-14-17(19(16)26)22(28)21(31-14)20(27)18(25)15(8-23)32-22/h2-7,15,18,20-21,23,25-28H,8H2,1H3/t15-,18-,20+,21+,22-/m1/s1. The summed E-state index contributed by atoms with van der Waals surface area (Å²) in [5.41, 5.74) is -0.301. The fraction of sp³-hybridized carbons (Fsp3) is 0.318. The molecule has 0 amide bonds. The minimum Gasteiger partial charge on any atom is -0.506 e. The van der Waals surface area contributed by atoms with Gasteiger partial charge in [0.15, 0.2) is 11.5 Å². The first-order chi connectivity index (χ1) is 15.3. The number of hydrogen-bond donors (Lipinski definition) is 5. The van der Waals surface area contributed by atoms with E-state index in [1.807, 2.05) is 0 Å². The Kier molecular flexibility index (Phi) is 4.66. The van der Waals surface area contributed by atoms with Crippen LogP contribution < -0.4 is 14.9 Å². The maximum absolute atomic E-state index is 12.9. The van der Waals surface area contributed by atoms with Crippen LogP contribution in [0.25, 0.3) is 22.3 Å². The van der Waals surface area contributed by atoms with Crippen LogP contribution in [-0.4, -0.2) is 63.7 Å². The second-order valence-electron chi connectivity index (χ2n) is 7.73. The normalized spacial score (nSPS) is 28.8. The van der Waals surface area contributed by atoms with Gasteiger partial charge in [-0.15, -0.1) is 0 Å². The number of hydrogen-bond acceptors (Lipinski definition) is 10. The lowest BCUT2D eigenvalue weighted by Crippen LogP contribution is -2.63. The van der Waals surface area contributed by atoms with E-state index in [-0.39, 0.29) is 28.0 Å². The van der Waals surface area contributed by atoms with Gasteiger partial charge in [-0.05, 0) is 24.3 Å². The van der Waals surface area contributed by atoms with E-state index in [0.29, 0.717) is 11.3 Å². The topological polar surface area (TPSA) is 159 Å². The van der Waals surface area contributed by atoms with Crippen molar-refractivity contribution in [2.45, 2.75) is 30.2 Å². The highest BCUT2D eigenvalue weighted by molar-refractivity contribution is 5.89. The van der Waals surface area contributed by atoms with Crippen molar-refractivity contribution in [3.63, 3.8) is 0 Å². The average Bonchev–Trinajstić information content (AvgIpc) is 3.08. The molecule has 168 valence electrons. The molecule has 3 heterocycles. The lowest BCUT2D eigenvalue weighted by Gasteiger charge is -2.43. The fourth-order valence-electron chi connectivity index (χ4n) is 4.25. The van der Waals surface area contributed by atoms with Crippen molar-refractivity contribution in [2.24, 2.45) is 0 Å². The van der Waals surface area contributed by atoms with E-state index in [1.54, 1.807) is 24.3 Å². The fourth-order valence-corrected chi connectivity index (χ4v) is 4.25. The van der Waals surface area contributed by atoms with Gasteiger partial charge in [0.25, 0.3) is 0 Å². The van der Waals surface area contributed by atoms with Gasteiger partial charge in [0.1, 0.15) is 52.3 Å². The predicted octanol–water partition coefficient (Wildman–Crippen LogP) is 0.193. The Labute approximate surface area is 180 Å². The van der Waals surface area contributed by atoms with Crippen molar-refractivity contribution >= 4 is 11.0 Å². The predicted molar refractivity (Wildman–Crippen MR) is 108 cm³/mol. The minimum absolute atomic E-state index is 0.0180. The zero-order valence-electron chi connectivity index (χ0n) is 16.8. The van der Waals surface area contributed by atoms with E-state index < -0.39 is 48.0 Å². The molecule has 5 atom stereocenters. The molecule has 10 heteroatoms. The molecule has 1 fully saturated rings. The quantitative estimate of drug-likeness (QED) is 0.377. The van der Waals surface area contributed by atoms with Gasteiger partial charge in [-0.25, -0.2) is 0 Å². The van der Waals surface area contributed by atoms with Gasteiger partial charge in [-0.2, -0.15) is 0 Å². The van der Waals surface area contributed by atoms with Crippen molar-refractivity contribution in [3.05, 3.63) is 52.2 Å². The molecule has 2 aliphatic rings. The zero-order chi connectivity index (χ0) is 22.8. The molecular formula is C22H20O10. The van der Waals surface area contributed by atoms with Gasteiger partial charge in [0.2, 0.25) is 5.79 Å². The Balaban J connectivity index is 1.67. The monoisotopic (exact) mass is 444 g/mol. The van der Waals surface area contributed by atoms with Crippen LogP contribution in [0.1, 0.15) is 5.56 Å². The molecule has 0 aliphatic carbocycles. The smallest absolute Gasteiger partial charge is 0.241 e. The third-order valence-electron chi connectivity index (χ3n) is 5.88. The van der Waals surface area contributed by atoms with Gasteiger partial charge in [-0.1, -0.05) is 0 Å². The highest BCUT2D eigenvalue weighted by Crippen LogP contribution is 2.53. The van der Waals surface area contributed by atoms with E-state index in [9.17, 15) is 30.3 Å². The van der Waals surface area contributed by atoms with Crippen LogP contribution in [-0.2, 0) is 10.5 Å². The van der Waals surface area contributed by atoms with E-state index in [2.05, 4.69) is 0 Å². The van der Waals surface area contributed by atoms with Gasteiger partial charge in [0, 0.05) is 17.7 Å². The zero-order valence-corrected chi connectivity index (χ0v) is 16.8. The summed E-state index contributed by atoms with van der Waals surface area (Å²) in [5.74, 6) is -2.29. The van der Waals surface area contributed by atoms with Crippen LogP contribution in [0.2, 0.25) is 0 Å². The van der Waals surface area contributed by atoms with Gasteiger partial charge in [-0.3, -0.25) is 4.79 Å². The van der Waals surface area contributed by atoms with Crippen molar-refractivity contribution in [1.29, 1.82) is 0 Å². The Morgan fingerprint density at radius 3 is 2.50 bits per heavy atom. The van der Waals surface area contributed by atoms with Crippen molar-refractivity contribution in [2.75, 3.05) is 13.7 Å². The van der Waals surface area contributed by atoms with Crippen LogP contribution in [0.3, 0.4) is 0 Å². The average molecular weight is 444 g/mol. The second kappa shape index (κ2) is 7.19. The number of aromatic hydroxyl groups is 1. The number of ether oxygens (including phenoxy) is 3. The van der Waals surface area contributed by atoms with Crippen molar-refractivity contribution in [1.82, 2.24) is 0 Å². The van der Waals surface area contributed by atoms with Crippen molar-refractivity contribution < 1.29 is 44.2 Å². The molecule has 0 spiro atoms. The van der Waals surface area contributed by atoms with Gasteiger partial charge in [0.05, 0.1) is 19.3 Å².